The van der Waals surface area contributed by atoms with Crippen molar-refractivity contribution < 1.29 is 9.47 Å². The minimum atomic E-state index is -0.0221. The van der Waals surface area contributed by atoms with E-state index in [1.807, 2.05) is 41.8 Å². The summed E-state index contributed by atoms with van der Waals surface area (Å²) in [5.41, 5.74) is 2.55. The number of nitrogens with zero attached hydrogens (tertiary/aromatic N) is 3. The Labute approximate surface area is 152 Å². The molecule has 0 bridgehead atoms. The van der Waals surface area contributed by atoms with Gasteiger partial charge in [-0.1, -0.05) is 12.1 Å². The number of aryl methyl sites for hydroxylation is 1. The molecular weight excluding hydrogens is 330 g/mol. The Morgan fingerprint density at radius 3 is 2.73 bits per heavy atom. The molecule has 136 valence electrons. The molecule has 3 aromatic rings. The molecule has 0 saturated carbocycles. The van der Waals surface area contributed by atoms with Gasteiger partial charge in [-0.3, -0.25) is 9.20 Å². The minimum Gasteiger partial charge on any atom is -0.497 e. The third-order valence-electron chi connectivity index (χ3n) is 5.24. The summed E-state index contributed by atoms with van der Waals surface area (Å²) >= 11 is 0. The Balaban J connectivity index is 1.73. The fourth-order valence-corrected chi connectivity index (χ4v) is 3.68. The van der Waals surface area contributed by atoms with Gasteiger partial charge in [-0.15, -0.1) is 0 Å². The molecule has 1 aliphatic heterocycles. The topological polar surface area (TPSA) is 57.8 Å². The van der Waals surface area contributed by atoms with Gasteiger partial charge in [-0.25, -0.2) is 4.98 Å². The van der Waals surface area contributed by atoms with Gasteiger partial charge in [-0.05, 0) is 38.0 Å². The first-order valence-electron chi connectivity index (χ1n) is 8.90. The van der Waals surface area contributed by atoms with E-state index in [1.165, 1.54) is 0 Å². The van der Waals surface area contributed by atoms with Crippen molar-refractivity contribution in [1.82, 2.24) is 14.0 Å². The van der Waals surface area contributed by atoms with Crippen LogP contribution in [-0.2, 0) is 11.3 Å². The number of hydrogen-bond donors (Lipinski definition) is 0. The molecule has 0 spiro atoms. The van der Waals surface area contributed by atoms with E-state index in [4.69, 9.17) is 9.47 Å². The fourth-order valence-electron chi connectivity index (χ4n) is 3.68. The maximum atomic E-state index is 13.0. The molecule has 0 aliphatic carbocycles. The van der Waals surface area contributed by atoms with Crippen molar-refractivity contribution in [3.05, 3.63) is 64.1 Å². The third kappa shape index (κ3) is 2.80. The highest BCUT2D eigenvalue weighted by Crippen LogP contribution is 2.30. The SMILES string of the molecule is COc1ccc(Cn2c(C)cn3c([C@@H]4CCO[C@@H]4C)ncc3c2=O)cc1. The van der Waals surface area contributed by atoms with Crippen molar-refractivity contribution in [2.45, 2.75) is 38.8 Å². The van der Waals surface area contributed by atoms with Gasteiger partial charge in [0.15, 0.2) is 0 Å². The Bertz CT molecular complexity index is 988. The first-order valence-corrected chi connectivity index (χ1v) is 8.90. The van der Waals surface area contributed by atoms with Crippen molar-refractivity contribution in [1.29, 1.82) is 0 Å². The molecular formula is C20H23N3O3. The Morgan fingerprint density at radius 2 is 2.08 bits per heavy atom. The molecule has 0 N–H and O–H groups in total. The molecule has 0 amide bonds. The van der Waals surface area contributed by atoms with Crippen LogP contribution >= 0.6 is 0 Å². The van der Waals surface area contributed by atoms with Crippen LogP contribution in [0.15, 0.2) is 41.5 Å². The highest BCUT2D eigenvalue weighted by atomic mass is 16.5. The van der Waals surface area contributed by atoms with Crippen molar-refractivity contribution in [2.75, 3.05) is 13.7 Å². The molecule has 1 aliphatic rings. The number of benzene rings is 1. The van der Waals surface area contributed by atoms with E-state index in [0.717, 1.165) is 35.9 Å². The average Bonchev–Trinajstić information content (AvgIpc) is 3.25. The number of aromatic nitrogens is 3. The maximum Gasteiger partial charge on any atom is 0.276 e. The number of methoxy groups -OCH3 is 1. The first-order chi connectivity index (χ1) is 12.6. The molecule has 6 heteroatoms. The van der Waals surface area contributed by atoms with Crippen LogP contribution in [0.2, 0.25) is 0 Å². The molecule has 1 aromatic carbocycles. The van der Waals surface area contributed by atoms with Crippen molar-refractivity contribution in [3.63, 3.8) is 0 Å². The lowest BCUT2D eigenvalue weighted by Gasteiger charge is -2.15. The summed E-state index contributed by atoms with van der Waals surface area (Å²) in [5.74, 6) is 1.96. The van der Waals surface area contributed by atoms with Gasteiger partial charge in [-0.2, -0.15) is 0 Å². The van der Waals surface area contributed by atoms with Gasteiger partial charge in [0.05, 0.1) is 26.0 Å². The average molecular weight is 353 g/mol. The van der Waals surface area contributed by atoms with Crippen molar-refractivity contribution >= 4 is 5.52 Å². The largest absolute Gasteiger partial charge is 0.497 e. The van der Waals surface area contributed by atoms with E-state index in [9.17, 15) is 4.79 Å². The quantitative estimate of drug-likeness (QED) is 0.724. The second-order valence-corrected chi connectivity index (χ2v) is 6.85. The summed E-state index contributed by atoms with van der Waals surface area (Å²) in [4.78, 5) is 17.6. The molecule has 4 rings (SSSR count). The zero-order chi connectivity index (χ0) is 18.3. The van der Waals surface area contributed by atoms with Crippen LogP contribution < -0.4 is 10.3 Å². The number of ether oxygens (including phenoxy) is 2. The second kappa shape index (κ2) is 6.61. The highest BCUT2D eigenvalue weighted by molar-refractivity contribution is 5.45. The van der Waals surface area contributed by atoms with E-state index in [-0.39, 0.29) is 17.6 Å². The van der Waals surface area contributed by atoms with E-state index in [1.54, 1.807) is 17.9 Å². The number of fused-ring (bicyclic) bond motifs is 1. The van der Waals surface area contributed by atoms with Crippen molar-refractivity contribution in [3.8, 4) is 5.75 Å². The molecule has 0 radical (unpaired) electrons. The van der Waals surface area contributed by atoms with Gasteiger partial charge in [0, 0.05) is 24.4 Å². The standard InChI is InChI=1S/C20H23N3O3/c1-13-11-23-18(10-21-19(23)17-8-9-26-14(17)2)20(24)22(13)12-15-4-6-16(25-3)7-5-15/h4-7,10-11,14,17H,8-9,12H2,1-3H3/t14-,17-/m1/s1. The maximum absolute atomic E-state index is 13.0. The van der Waals surface area contributed by atoms with Crippen LogP contribution in [0.1, 0.15) is 36.3 Å². The van der Waals surface area contributed by atoms with E-state index in [0.29, 0.717) is 12.1 Å². The zero-order valence-electron chi connectivity index (χ0n) is 15.3. The van der Waals surface area contributed by atoms with Crippen LogP contribution in [0, 0.1) is 6.92 Å². The molecule has 2 atom stereocenters. The smallest absolute Gasteiger partial charge is 0.276 e. The Morgan fingerprint density at radius 1 is 1.31 bits per heavy atom. The molecule has 3 heterocycles. The fraction of sp³-hybridized carbons (Fsp3) is 0.400. The predicted molar refractivity (Wildman–Crippen MR) is 99.1 cm³/mol. The molecule has 1 saturated heterocycles. The van der Waals surface area contributed by atoms with Crippen LogP contribution in [0.3, 0.4) is 0 Å². The van der Waals surface area contributed by atoms with Crippen LogP contribution in [0.25, 0.3) is 5.52 Å². The second-order valence-electron chi connectivity index (χ2n) is 6.85. The van der Waals surface area contributed by atoms with Crippen LogP contribution in [0.5, 0.6) is 5.75 Å². The summed E-state index contributed by atoms with van der Waals surface area (Å²) in [5, 5.41) is 0. The lowest BCUT2D eigenvalue weighted by molar-refractivity contribution is 0.117. The summed E-state index contributed by atoms with van der Waals surface area (Å²) in [6, 6.07) is 7.78. The highest BCUT2D eigenvalue weighted by Gasteiger charge is 2.29. The Hall–Kier alpha value is -2.60. The van der Waals surface area contributed by atoms with Gasteiger partial charge in [0.25, 0.3) is 5.56 Å². The van der Waals surface area contributed by atoms with E-state index in [2.05, 4.69) is 11.9 Å². The van der Waals surface area contributed by atoms with Crippen LogP contribution in [-0.4, -0.2) is 33.8 Å². The van der Waals surface area contributed by atoms with E-state index >= 15 is 0 Å². The van der Waals surface area contributed by atoms with Gasteiger partial charge < -0.3 is 14.0 Å². The summed E-state index contributed by atoms with van der Waals surface area (Å²) in [6.07, 6.45) is 4.76. The first kappa shape index (κ1) is 16.8. The van der Waals surface area contributed by atoms with E-state index < -0.39 is 0 Å². The van der Waals surface area contributed by atoms with Crippen LogP contribution in [0.4, 0.5) is 0 Å². The molecule has 26 heavy (non-hydrogen) atoms. The minimum absolute atomic E-state index is 0.0221. The molecule has 1 fully saturated rings. The summed E-state index contributed by atoms with van der Waals surface area (Å²) in [6.45, 7) is 5.29. The van der Waals surface area contributed by atoms with Gasteiger partial charge in [0.1, 0.15) is 17.1 Å². The zero-order valence-corrected chi connectivity index (χ0v) is 15.3. The number of hydrogen-bond acceptors (Lipinski definition) is 4. The lowest BCUT2D eigenvalue weighted by atomic mass is 10.0. The van der Waals surface area contributed by atoms with Gasteiger partial charge in [0.2, 0.25) is 0 Å². The molecule has 6 nitrogen and oxygen atoms in total. The summed E-state index contributed by atoms with van der Waals surface area (Å²) in [7, 11) is 1.64. The van der Waals surface area contributed by atoms with Gasteiger partial charge >= 0.3 is 0 Å². The predicted octanol–water partition coefficient (Wildman–Crippen LogP) is 2.75. The number of imidazole rings is 1. The monoisotopic (exact) mass is 353 g/mol. The molecule has 2 aromatic heterocycles. The number of rotatable bonds is 4. The summed E-state index contributed by atoms with van der Waals surface area (Å²) < 4.78 is 14.6. The molecule has 0 unspecified atom stereocenters. The third-order valence-corrected chi connectivity index (χ3v) is 5.24. The lowest BCUT2D eigenvalue weighted by Crippen LogP contribution is -2.25. The van der Waals surface area contributed by atoms with Crippen molar-refractivity contribution in [2.24, 2.45) is 0 Å². The normalized spacial score (nSPS) is 20.0. The Kier molecular flexibility index (Phi) is 4.28.